The fourth-order valence-corrected chi connectivity index (χ4v) is 3.18. The molecule has 2 aromatic rings. The van der Waals surface area contributed by atoms with Crippen molar-refractivity contribution in [1.82, 2.24) is 20.4 Å². The van der Waals surface area contributed by atoms with Crippen LogP contribution in [0, 0.1) is 0 Å². The Morgan fingerprint density at radius 1 is 1.15 bits per heavy atom. The van der Waals surface area contributed by atoms with E-state index in [1.165, 1.54) is 17.7 Å². The lowest BCUT2D eigenvalue weighted by atomic mass is 10.1. The first kappa shape index (κ1) is 18.3. The van der Waals surface area contributed by atoms with Crippen LogP contribution in [0.15, 0.2) is 41.2 Å². The van der Waals surface area contributed by atoms with Crippen molar-refractivity contribution in [3.05, 3.63) is 63.6 Å². The van der Waals surface area contributed by atoms with Crippen LogP contribution in [0.25, 0.3) is 0 Å². The summed E-state index contributed by atoms with van der Waals surface area (Å²) in [7, 11) is 0. The van der Waals surface area contributed by atoms with E-state index in [0.717, 1.165) is 25.2 Å². The van der Waals surface area contributed by atoms with Crippen LogP contribution in [0.3, 0.4) is 0 Å². The van der Waals surface area contributed by atoms with Crippen molar-refractivity contribution < 1.29 is 9.53 Å². The van der Waals surface area contributed by atoms with E-state index in [0.29, 0.717) is 6.54 Å². The second-order valence-corrected chi connectivity index (χ2v) is 6.76. The topological polar surface area (TPSA) is 87.3 Å². The van der Waals surface area contributed by atoms with Crippen molar-refractivity contribution in [2.24, 2.45) is 0 Å². The maximum absolute atomic E-state index is 12.0. The van der Waals surface area contributed by atoms with Gasteiger partial charge in [-0.05, 0) is 31.0 Å². The van der Waals surface area contributed by atoms with Crippen LogP contribution in [0.4, 0.5) is 0 Å². The van der Waals surface area contributed by atoms with Crippen molar-refractivity contribution in [3.8, 4) is 0 Å². The van der Waals surface area contributed by atoms with E-state index in [2.05, 4.69) is 46.4 Å². The fourth-order valence-electron chi connectivity index (χ4n) is 3.18. The fraction of sp³-hybridized carbons (Fsp3) is 0.421. The predicted molar refractivity (Wildman–Crippen MR) is 97.8 cm³/mol. The number of aromatic nitrogens is 2. The van der Waals surface area contributed by atoms with Gasteiger partial charge in [-0.1, -0.05) is 24.3 Å². The SMILES string of the molecule is CC1CN(Cc2ccc(CNC(=O)c3ccc(=O)[nH]n3)cc2)CC(C)O1. The Hall–Kier alpha value is -2.51. The van der Waals surface area contributed by atoms with Crippen molar-refractivity contribution in [2.45, 2.75) is 39.1 Å². The second kappa shape index (κ2) is 8.25. The van der Waals surface area contributed by atoms with Crippen molar-refractivity contribution in [2.75, 3.05) is 13.1 Å². The molecule has 1 amide bonds. The summed E-state index contributed by atoms with van der Waals surface area (Å²) in [6.07, 6.45) is 0.518. The van der Waals surface area contributed by atoms with E-state index in [1.807, 2.05) is 12.1 Å². The molecule has 7 heteroatoms. The highest BCUT2D eigenvalue weighted by molar-refractivity contribution is 5.91. The van der Waals surface area contributed by atoms with Crippen LogP contribution < -0.4 is 10.9 Å². The maximum Gasteiger partial charge on any atom is 0.271 e. The first-order valence-electron chi connectivity index (χ1n) is 8.79. The number of morpholine rings is 1. The van der Waals surface area contributed by atoms with Crippen LogP contribution in [-0.2, 0) is 17.8 Å². The number of hydrogen-bond donors (Lipinski definition) is 2. The minimum absolute atomic E-state index is 0.191. The molecule has 0 saturated carbocycles. The number of carbonyl (C=O) groups is 1. The lowest BCUT2D eigenvalue weighted by molar-refractivity contribution is -0.0704. The molecule has 1 saturated heterocycles. The second-order valence-electron chi connectivity index (χ2n) is 6.76. The number of amides is 1. The van der Waals surface area contributed by atoms with Crippen LogP contribution in [0.2, 0.25) is 0 Å². The summed E-state index contributed by atoms with van der Waals surface area (Å²) in [6, 6.07) is 10.9. The highest BCUT2D eigenvalue weighted by Gasteiger charge is 2.21. The Balaban J connectivity index is 1.52. The van der Waals surface area contributed by atoms with Gasteiger partial charge in [-0.3, -0.25) is 14.5 Å². The number of nitrogens with zero attached hydrogens (tertiary/aromatic N) is 2. The Morgan fingerprint density at radius 3 is 2.42 bits per heavy atom. The largest absolute Gasteiger partial charge is 0.373 e. The average Bonchev–Trinajstić information content (AvgIpc) is 2.60. The highest BCUT2D eigenvalue weighted by atomic mass is 16.5. The zero-order chi connectivity index (χ0) is 18.5. The molecule has 2 unspecified atom stereocenters. The van der Waals surface area contributed by atoms with E-state index in [1.54, 1.807) is 0 Å². The quantitative estimate of drug-likeness (QED) is 0.843. The van der Waals surface area contributed by atoms with Gasteiger partial charge in [0.15, 0.2) is 0 Å². The molecule has 2 heterocycles. The summed E-state index contributed by atoms with van der Waals surface area (Å²) >= 11 is 0. The van der Waals surface area contributed by atoms with Gasteiger partial charge in [0.05, 0.1) is 12.2 Å². The number of rotatable bonds is 5. The average molecular weight is 356 g/mol. The lowest BCUT2D eigenvalue weighted by Crippen LogP contribution is -2.44. The Kier molecular flexibility index (Phi) is 5.80. The molecule has 2 N–H and O–H groups in total. The molecule has 2 atom stereocenters. The lowest BCUT2D eigenvalue weighted by Gasteiger charge is -2.35. The molecular formula is C19H24N4O3. The summed E-state index contributed by atoms with van der Waals surface area (Å²) in [6.45, 7) is 7.39. The monoisotopic (exact) mass is 356 g/mol. The summed E-state index contributed by atoms with van der Waals surface area (Å²) in [4.78, 5) is 25.4. The number of hydrogen-bond acceptors (Lipinski definition) is 5. The van der Waals surface area contributed by atoms with Gasteiger partial charge in [0.2, 0.25) is 0 Å². The molecule has 7 nitrogen and oxygen atoms in total. The molecule has 1 aliphatic heterocycles. The minimum atomic E-state index is -0.332. The van der Waals surface area contributed by atoms with Gasteiger partial charge in [0.25, 0.3) is 11.5 Å². The van der Waals surface area contributed by atoms with E-state index >= 15 is 0 Å². The molecule has 0 spiro atoms. The van der Waals surface area contributed by atoms with Crippen LogP contribution >= 0.6 is 0 Å². The third-order valence-corrected chi connectivity index (χ3v) is 4.29. The summed E-state index contributed by atoms with van der Waals surface area (Å²) in [5.74, 6) is -0.318. The molecule has 1 aromatic carbocycles. The third kappa shape index (κ3) is 5.00. The Labute approximate surface area is 152 Å². The number of ether oxygens (including phenoxy) is 1. The van der Waals surface area contributed by atoms with Crippen molar-refractivity contribution >= 4 is 5.91 Å². The number of carbonyl (C=O) groups excluding carboxylic acids is 1. The molecule has 1 aromatic heterocycles. The van der Waals surface area contributed by atoms with Gasteiger partial charge in [-0.15, -0.1) is 0 Å². The number of H-pyrrole nitrogens is 1. The van der Waals surface area contributed by atoms with Crippen LogP contribution in [0.1, 0.15) is 35.5 Å². The van der Waals surface area contributed by atoms with Gasteiger partial charge in [0.1, 0.15) is 5.69 Å². The van der Waals surface area contributed by atoms with E-state index in [4.69, 9.17) is 4.74 Å². The van der Waals surface area contributed by atoms with Gasteiger partial charge in [-0.25, -0.2) is 5.10 Å². The Bertz CT molecular complexity index is 773. The van der Waals surface area contributed by atoms with Crippen molar-refractivity contribution in [3.63, 3.8) is 0 Å². The standard InChI is InChI=1S/C19H24N4O3/c1-13-10-23(11-14(2)26-13)12-16-5-3-15(4-6-16)9-20-19(25)17-7-8-18(24)22-21-17/h3-8,13-14H,9-12H2,1-2H3,(H,20,25)(H,22,24). The molecule has 138 valence electrons. The molecule has 0 aliphatic carbocycles. The van der Waals surface area contributed by atoms with Crippen LogP contribution in [-0.4, -0.2) is 46.3 Å². The van der Waals surface area contributed by atoms with E-state index in [9.17, 15) is 9.59 Å². The molecule has 1 aliphatic rings. The zero-order valence-corrected chi connectivity index (χ0v) is 15.1. The first-order chi connectivity index (χ1) is 12.5. The number of benzene rings is 1. The van der Waals surface area contributed by atoms with Crippen molar-refractivity contribution in [1.29, 1.82) is 0 Å². The molecule has 1 fully saturated rings. The van der Waals surface area contributed by atoms with Gasteiger partial charge in [-0.2, -0.15) is 5.10 Å². The summed E-state index contributed by atoms with van der Waals surface area (Å²) < 4.78 is 5.76. The molecule has 0 radical (unpaired) electrons. The highest BCUT2D eigenvalue weighted by Crippen LogP contribution is 2.14. The molecule has 0 bridgehead atoms. The summed E-state index contributed by atoms with van der Waals surface area (Å²) in [5.41, 5.74) is 2.11. The first-order valence-corrected chi connectivity index (χ1v) is 8.79. The number of nitrogens with one attached hydrogen (secondary N) is 2. The minimum Gasteiger partial charge on any atom is -0.373 e. The van der Waals surface area contributed by atoms with E-state index in [-0.39, 0.29) is 29.4 Å². The number of aromatic amines is 1. The Morgan fingerprint density at radius 2 is 1.81 bits per heavy atom. The summed E-state index contributed by atoms with van der Waals surface area (Å²) in [5, 5.41) is 8.76. The normalized spacial score (nSPS) is 20.7. The predicted octanol–water partition coefficient (Wildman–Crippen LogP) is 1.31. The van der Waals surface area contributed by atoms with Crippen LogP contribution in [0.5, 0.6) is 0 Å². The van der Waals surface area contributed by atoms with Gasteiger partial charge < -0.3 is 10.1 Å². The maximum atomic E-state index is 12.0. The third-order valence-electron chi connectivity index (χ3n) is 4.29. The van der Waals surface area contributed by atoms with Gasteiger partial charge >= 0.3 is 0 Å². The molecule has 26 heavy (non-hydrogen) atoms. The molecule has 3 rings (SSSR count). The zero-order valence-electron chi connectivity index (χ0n) is 15.1. The van der Waals surface area contributed by atoms with Gasteiger partial charge in [0, 0.05) is 32.2 Å². The smallest absolute Gasteiger partial charge is 0.271 e. The van der Waals surface area contributed by atoms with E-state index < -0.39 is 0 Å². The molecular weight excluding hydrogens is 332 g/mol.